The molecule has 1 aliphatic rings. The molecule has 3 N–H and O–H groups in total. The lowest BCUT2D eigenvalue weighted by Gasteiger charge is -2.32. The highest BCUT2D eigenvalue weighted by Crippen LogP contribution is 2.16. The minimum Gasteiger partial charge on any atom is -0.467 e. The van der Waals surface area contributed by atoms with Crippen molar-refractivity contribution >= 4 is 29.7 Å². The van der Waals surface area contributed by atoms with E-state index in [2.05, 4.69) is 10.1 Å². The van der Waals surface area contributed by atoms with Crippen molar-refractivity contribution in [2.75, 3.05) is 31.8 Å². The molecule has 0 saturated carbocycles. The van der Waals surface area contributed by atoms with E-state index < -0.39 is 36.7 Å². The van der Waals surface area contributed by atoms with E-state index >= 15 is 0 Å². The number of esters is 1. The van der Waals surface area contributed by atoms with Gasteiger partial charge in [0.2, 0.25) is 5.91 Å². The van der Waals surface area contributed by atoms with Crippen LogP contribution in [0.2, 0.25) is 0 Å². The van der Waals surface area contributed by atoms with Crippen molar-refractivity contribution in [1.82, 2.24) is 10.2 Å². The van der Waals surface area contributed by atoms with Crippen LogP contribution in [0.15, 0.2) is 0 Å². The molecule has 8 nitrogen and oxygen atoms in total. The zero-order valence-corrected chi connectivity index (χ0v) is 11.2. The van der Waals surface area contributed by atoms with Gasteiger partial charge in [0.25, 0.3) is 0 Å². The predicted molar refractivity (Wildman–Crippen MR) is 66.9 cm³/mol. The van der Waals surface area contributed by atoms with Crippen molar-refractivity contribution in [3.8, 4) is 0 Å². The third-order valence-corrected chi connectivity index (χ3v) is 3.68. The minimum atomic E-state index is -1.18. The molecule has 1 saturated heterocycles. The summed E-state index contributed by atoms with van der Waals surface area (Å²) < 4.78 is 4.42. The summed E-state index contributed by atoms with van der Waals surface area (Å²) in [4.78, 5) is 35.2. The van der Waals surface area contributed by atoms with Gasteiger partial charge in [0.15, 0.2) is 6.04 Å². The first-order valence-electron chi connectivity index (χ1n) is 5.57. The molecule has 1 heterocycles. The Morgan fingerprint density at radius 2 is 2.21 bits per heavy atom. The van der Waals surface area contributed by atoms with Crippen LogP contribution in [0.1, 0.15) is 0 Å². The standard InChI is InChI=1S/C10H16N2O6S/c1-18-9(15)6(4-13)11-8(14)7-5-19-3-2-12(7)10(16)17/h6-7,13H,2-5H2,1H3,(H,11,14)(H,16,17)/t6-,7?/m0/s1. The smallest absolute Gasteiger partial charge is 0.408 e. The fraction of sp³-hybridized carbons (Fsp3) is 0.700. The van der Waals surface area contributed by atoms with Gasteiger partial charge < -0.3 is 20.3 Å². The number of hydrogen-bond donors (Lipinski definition) is 3. The van der Waals surface area contributed by atoms with E-state index in [0.29, 0.717) is 11.5 Å². The van der Waals surface area contributed by atoms with Gasteiger partial charge in [-0.15, -0.1) is 0 Å². The summed E-state index contributed by atoms with van der Waals surface area (Å²) in [6, 6.07) is -2.05. The van der Waals surface area contributed by atoms with Crippen LogP contribution >= 0.6 is 11.8 Å². The van der Waals surface area contributed by atoms with Crippen LogP contribution in [0, 0.1) is 0 Å². The van der Waals surface area contributed by atoms with Gasteiger partial charge in [-0.1, -0.05) is 0 Å². The second kappa shape index (κ2) is 7.19. The summed E-state index contributed by atoms with van der Waals surface area (Å²) in [5, 5.41) is 20.3. The lowest BCUT2D eigenvalue weighted by molar-refractivity contribution is -0.146. The van der Waals surface area contributed by atoms with E-state index in [1.807, 2.05) is 0 Å². The van der Waals surface area contributed by atoms with Gasteiger partial charge in [-0.2, -0.15) is 11.8 Å². The molecule has 0 aromatic carbocycles. The lowest BCUT2D eigenvalue weighted by Crippen LogP contribution is -2.57. The zero-order chi connectivity index (χ0) is 14.4. The van der Waals surface area contributed by atoms with Gasteiger partial charge in [0.05, 0.1) is 13.7 Å². The van der Waals surface area contributed by atoms with Crippen molar-refractivity contribution in [3.05, 3.63) is 0 Å². The van der Waals surface area contributed by atoms with Gasteiger partial charge in [-0.25, -0.2) is 9.59 Å². The number of carbonyl (C=O) groups is 3. The Morgan fingerprint density at radius 3 is 2.74 bits per heavy atom. The normalized spacial score (nSPS) is 20.5. The Morgan fingerprint density at radius 1 is 1.53 bits per heavy atom. The summed E-state index contributed by atoms with van der Waals surface area (Å²) in [5.74, 6) is -0.450. The Bertz CT molecular complexity index is 364. The van der Waals surface area contributed by atoms with E-state index in [1.54, 1.807) is 0 Å². The number of aliphatic hydroxyl groups excluding tert-OH is 1. The van der Waals surface area contributed by atoms with Gasteiger partial charge in [-0.3, -0.25) is 9.69 Å². The maximum Gasteiger partial charge on any atom is 0.408 e. The molecule has 0 radical (unpaired) electrons. The van der Waals surface area contributed by atoms with Crippen molar-refractivity contribution in [3.63, 3.8) is 0 Å². The number of carbonyl (C=O) groups excluding carboxylic acids is 2. The fourth-order valence-corrected chi connectivity index (χ4v) is 2.69. The Hall–Kier alpha value is -1.48. The highest BCUT2D eigenvalue weighted by Gasteiger charge is 2.34. The first-order valence-corrected chi connectivity index (χ1v) is 6.73. The van der Waals surface area contributed by atoms with E-state index in [4.69, 9.17) is 10.2 Å². The molecule has 0 bridgehead atoms. The van der Waals surface area contributed by atoms with Crippen molar-refractivity contribution in [2.45, 2.75) is 12.1 Å². The highest BCUT2D eigenvalue weighted by molar-refractivity contribution is 7.99. The number of rotatable bonds is 4. The Labute approximate surface area is 114 Å². The number of methoxy groups -OCH3 is 1. The Kier molecular flexibility index (Phi) is 5.90. The predicted octanol–water partition coefficient (Wildman–Crippen LogP) is -1.27. The van der Waals surface area contributed by atoms with Gasteiger partial charge in [-0.05, 0) is 0 Å². The van der Waals surface area contributed by atoms with E-state index in [1.165, 1.54) is 11.8 Å². The summed E-state index contributed by atoms with van der Waals surface area (Å²) in [5.41, 5.74) is 0. The largest absolute Gasteiger partial charge is 0.467 e. The van der Waals surface area contributed by atoms with Gasteiger partial charge >= 0.3 is 12.1 Å². The number of carboxylic acid groups (broad SMARTS) is 1. The van der Waals surface area contributed by atoms with Crippen LogP contribution in [0.25, 0.3) is 0 Å². The summed E-state index contributed by atoms with van der Waals surface area (Å²) in [6.07, 6.45) is -1.18. The van der Waals surface area contributed by atoms with Crippen LogP contribution in [0.5, 0.6) is 0 Å². The van der Waals surface area contributed by atoms with Crippen LogP contribution in [-0.2, 0) is 14.3 Å². The molecule has 2 amide bonds. The van der Waals surface area contributed by atoms with Crippen molar-refractivity contribution < 1.29 is 29.3 Å². The lowest BCUT2D eigenvalue weighted by atomic mass is 10.2. The molecule has 1 aliphatic heterocycles. The number of ether oxygens (including phenoxy) is 1. The summed E-state index contributed by atoms with van der Waals surface area (Å²) in [7, 11) is 1.14. The van der Waals surface area contributed by atoms with Gasteiger partial charge in [0.1, 0.15) is 6.04 Å². The van der Waals surface area contributed by atoms with E-state index in [-0.39, 0.29) is 6.54 Å². The first-order chi connectivity index (χ1) is 9.01. The second-order valence-corrected chi connectivity index (χ2v) is 4.98. The molecule has 0 aliphatic carbocycles. The maximum atomic E-state index is 12.0. The highest BCUT2D eigenvalue weighted by atomic mass is 32.2. The average molecular weight is 292 g/mol. The molecule has 108 valence electrons. The monoisotopic (exact) mass is 292 g/mol. The molecule has 0 aromatic rings. The van der Waals surface area contributed by atoms with Crippen LogP contribution < -0.4 is 5.32 Å². The second-order valence-electron chi connectivity index (χ2n) is 3.83. The van der Waals surface area contributed by atoms with E-state index in [9.17, 15) is 14.4 Å². The van der Waals surface area contributed by atoms with Crippen LogP contribution in [0.3, 0.4) is 0 Å². The average Bonchev–Trinajstić information content (AvgIpc) is 2.43. The summed E-state index contributed by atoms with van der Waals surface area (Å²) in [6.45, 7) is -0.356. The molecular formula is C10H16N2O6S. The molecule has 9 heteroatoms. The molecule has 1 rings (SSSR count). The molecule has 1 fully saturated rings. The summed E-state index contributed by atoms with van der Waals surface area (Å²) >= 11 is 1.46. The molecular weight excluding hydrogens is 276 g/mol. The van der Waals surface area contributed by atoms with Crippen molar-refractivity contribution in [2.24, 2.45) is 0 Å². The maximum absolute atomic E-state index is 12.0. The SMILES string of the molecule is COC(=O)[C@H](CO)NC(=O)C1CSCCN1C(=O)O. The van der Waals surface area contributed by atoms with Crippen LogP contribution in [-0.4, -0.2) is 76.9 Å². The van der Waals surface area contributed by atoms with Crippen LogP contribution in [0.4, 0.5) is 4.79 Å². The number of aliphatic hydroxyl groups is 1. The number of nitrogens with zero attached hydrogens (tertiary/aromatic N) is 1. The number of thioether (sulfide) groups is 1. The molecule has 0 aromatic heterocycles. The quantitative estimate of drug-likeness (QED) is 0.553. The molecule has 19 heavy (non-hydrogen) atoms. The third kappa shape index (κ3) is 4.00. The third-order valence-electron chi connectivity index (χ3n) is 2.66. The first kappa shape index (κ1) is 15.6. The fourth-order valence-electron chi connectivity index (χ4n) is 1.64. The van der Waals surface area contributed by atoms with Gasteiger partial charge in [0, 0.05) is 18.1 Å². The Balaban J connectivity index is 2.69. The minimum absolute atomic E-state index is 0.250. The topological polar surface area (TPSA) is 116 Å². The number of amides is 2. The molecule has 0 spiro atoms. The number of hydrogen-bond acceptors (Lipinski definition) is 6. The van der Waals surface area contributed by atoms with E-state index in [0.717, 1.165) is 12.0 Å². The molecule has 1 unspecified atom stereocenters. The zero-order valence-electron chi connectivity index (χ0n) is 10.4. The number of nitrogens with one attached hydrogen (secondary N) is 1. The molecule has 2 atom stereocenters. The van der Waals surface area contributed by atoms with Crippen molar-refractivity contribution in [1.29, 1.82) is 0 Å².